The van der Waals surface area contributed by atoms with E-state index < -0.39 is 187 Å². The number of para-hydroxylation sites is 8. The monoisotopic (exact) mass is 1470 g/mol. The Bertz CT molecular complexity index is 9210. The van der Waals surface area contributed by atoms with Gasteiger partial charge in [-0.1, -0.05) is 275 Å². The van der Waals surface area contributed by atoms with Crippen LogP contribution in [0.4, 0.5) is 34.1 Å². The molecule has 0 radical (unpaired) electrons. The zero-order valence-electron chi connectivity index (χ0n) is 91.3. The van der Waals surface area contributed by atoms with Gasteiger partial charge in [-0.2, -0.15) is 0 Å². The van der Waals surface area contributed by atoms with Crippen molar-refractivity contribution >= 4 is 144 Å². The van der Waals surface area contributed by atoms with E-state index in [-0.39, 0.29) is 122 Å². The first-order valence-corrected chi connectivity index (χ1v) is 36.8. The fourth-order valence-corrected chi connectivity index (χ4v) is 17.1. The molecule has 0 atom stereocenters. The molecule has 2 aliphatic rings. The van der Waals surface area contributed by atoms with Gasteiger partial charge in [-0.05, 0) is 194 Å². The van der Waals surface area contributed by atoms with Crippen LogP contribution >= 0.6 is 0 Å². The van der Waals surface area contributed by atoms with Gasteiger partial charge in [0.2, 0.25) is 0 Å². The van der Waals surface area contributed by atoms with E-state index in [4.69, 9.17) is 15.1 Å². The molecule has 0 saturated heterocycles. The summed E-state index contributed by atoms with van der Waals surface area (Å²) in [7, 11) is 0. The van der Waals surface area contributed by atoms with Crippen molar-refractivity contribution in [1.29, 1.82) is 0 Å². The quantitative estimate of drug-likeness (QED) is 0.128. The van der Waals surface area contributed by atoms with E-state index in [1.165, 1.54) is 18.3 Å². The minimum atomic E-state index is -0.972. The molecule has 2 aliphatic heterocycles. The van der Waals surface area contributed by atoms with Crippen LogP contribution < -0.4 is 26.2 Å². The molecule has 0 aliphatic carbocycles. The maximum atomic E-state index is 9.91. The van der Waals surface area contributed by atoms with Crippen LogP contribution in [-0.4, -0.2) is 25.0 Å². The van der Waals surface area contributed by atoms with E-state index in [1.54, 1.807) is 66.7 Å². The van der Waals surface area contributed by atoms with Crippen LogP contribution in [0.2, 0.25) is 0 Å². The number of anilines is 6. The number of fused-ring (bicyclic) bond motifs is 16. The highest BCUT2D eigenvalue weighted by Crippen LogP contribution is 2.53. The Morgan fingerprint density at radius 2 is 0.540 bits per heavy atom. The van der Waals surface area contributed by atoms with E-state index in [0.717, 1.165) is 17.2 Å². The first-order valence-electron chi connectivity index (χ1n) is 52.3. The highest BCUT2D eigenvalue weighted by atomic mass is 15.2. The van der Waals surface area contributed by atoms with Gasteiger partial charge in [0.1, 0.15) is 0 Å². The Hall–Kier alpha value is -14.4. The van der Waals surface area contributed by atoms with Crippen molar-refractivity contribution in [2.24, 2.45) is 0 Å². The molecule has 6 nitrogen and oxygen atoms in total. The first kappa shape index (κ1) is 40.9. The molecule has 0 bridgehead atoms. The van der Waals surface area contributed by atoms with Crippen molar-refractivity contribution in [2.75, 3.05) is 9.80 Å². The summed E-state index contributed by atoms with van der Waals surface area (Å²) < 4.78 is 295. The van der Waals surface area contributed by atoms with Gasteiger partial charge in [-0.25, -0.2) is 0 Å². The lowest BCUT2D eigenvalue weighted by atomic mass is 9.33. The minimum Gasteiger partial charge on any atom is -0.311 e. The molecule has 0 amide bonds. The summed E-state index contributed by atoms with van der Waals surface area (Å²) in [6, 6.07) is 43.7. The lowest BCUT2D eigenvalue weighted by molar-refractivity contribution is 0.590. The zero-order chi connectivity index (χ0) is 102. The number of rotatable bonds is 10. The van der Waals surface area contributed by atoms with Gasteiger partial charge in [0.05, 0.1) is 98.0 Å². The highest BCUT2D eigenvalue weighted by Gasteiger charge is 2.46. The summed E-state index contributed by atoms with van der Waals surface area (Å²) in [5.41, 5.74) is 9.14. The van der Waals surface area contributed by atoms with Crippen LogP contribution in [0.15, 0.2) is 388 Å². The third kappa shape index (κ3) is 9.94. The van der Waals surface area contributed by atoms with Crippen LogP contribution in [0.3, 0.4) is 0 Å². The van der Waals surface area contributed by atoms with Crippen molar-refractivity contribution in [3.63, 3.8) is 0 Å². The summed E-state index contributed by atoms with van der Waals surface area (Å²) >= 11 is 0. The predicted octanol–water partition coefficient (Wildman–Crippen LogP) is 26.1. The smallest absolute Gasteiger partial charge is 0.252 e. The molecule has 7 heteroatoms. The van der Waals surface area contributed by atoms with Gasteiger partial charge < -0.3 is 28.1 Å². The zero-order valence-corrected chi connectivity index (χ0v) is 60.3. The second kappa shape index (κ2) is 25.1. The molecule has 0 unspecified atom stereocenters. The number of hydrogen-bond donors (Lipinski definition) is 0. The van der Waals surface area contributed by atoms with E-state index in [2.05, 4.69) is 21.9 Å². The van der Waals surface area contributed by atoms with Gasteiger partial charge in [0.15, 0.2) is 0 Å². The molecule has 23 rings (SSSR count). The Labute approximate surface area is 699 Å². The molecule has 113 heavy (non-hydrogen) atoms. The molecular formula is C106H73BN6. The lowest BCUT2D eigenvalue weighted by Gasteiger charge is -2.46. The number of nitrogens with zero attached hydrogens (tertiary/aromatic N) is 6. The number of hydrogen-bond acceptors (Lipinski definition) is 2. The third-order valence-corrected chi connectivity index (χ3v) is 22.2. The normalized spacial score (nSPS) is 16.5. The van der Waals surface area contributed by atoms with Crippen molar-refractivity contribution in [1.82, 2.24) is 18.3 Å². The first-order chi connectivity index (χ1) is 68.6. The van der Waals surface area contributed by atoms with Crippen LogP contribution in [-0.2, 0) is 5.41 Å². The Morgan fingerprint density at radius 1 is 0.239 bits per heavy atom. The summed E-state index contributed by atoms with van der Waals surface area (Å²) in [6.45, 7) is 5.15. The van der Waals surface area contributed by atoms with Crippen LogP contribution in [0.5, 0.6) is 0 Å². The molecule has 4 aromatic heterocycles. The maximum absolute atomic E-state index is 9.91. The summed E-state index contributed by atoms with van der Waals surface area (Å²) in [5.74, 6) is 0. The Balaban J connectivity index is 0.859. The van der Waals surface area contributed by atoms with Crippen LogP contribution in [0, 0.1) is 0 Å². The minimum absolute atomic E-state index is 0.0279. The summed E-state index contributed by atoms with van der Waals surface area (Å²) in [5, 5.41) is -1.02. The van der Waals surface area contributed by atoms with Gasteiger partial charge in [0, 0.05) is 99.7 Å². The third-order valence-electron chi connectivity index (χ3n) is 22.2. The van der Waals surface area contributed by atoms with Crippen molar-refractivity contribution in [3.8, 4) is 67.3 Å². The molecular weight excluding hydrogens is 1370 g/mol. The topological polar surface area (TPSA) is 26.2 Å². The van der Waals surface area contributed by atoms with E-state index in [0.29, 0.717) is 89.5 Å². The number of benzene rings is 17. The molecule has 0 N–H and O–H groups in total. The van der Waals surface area contributed by atoms with Crippen molar-refractivity contribution in [3.05, 3.63) is 393 Å². The second-order valence-corrected chi connectivity index (χ2v) is 29.2. The second-order valence-electron chi connectivity index (χ2n) is 29.2. The summed E-state index contributed by atoms with van der Waals surface area (Å²) in [6.07, 6.45) is 0. The average Bonchev–Trinajstić information content (AvgIpc) is 0.705. The van der Waals surface area contributed by atoms with Gasteiger partial charge in [0.25, 0.3) is 6.71 Å². The van der Waals surface area contributed by atoms with Crippen LogP contribution in [0.1, 0.15) is 68.8 Å². The van der Waals surface area contributed by atoms with E-state index >= 15 is 0 Å². The summed E-state index contributed by atoms with van der Waals surface area (Å²) in [4.78, 5) is 4.16. The Morgan fingerprint density at radius 3 is 0.885 bits per heavy atom. The highest BCUT2D eigenvalue weighted by molar-refractivity contribution is 7.00. The SMILES string of the molecule is [2H]c1cc([2H])c2c3c([2H])c([2H])c([2H])c([2H])c3n(-c3ccc4c(c3)N(c3ccc(-c5ccccc5)cc3-c3ccc(-n5c6c([2H])c([2H])c([2H])c([2H])c6c6c([2H])c([2H])c([2H])c([2H])c65)cc3)c3cc(C(C)(C)C)cc5c3B4c3ccc(-n4c6c([2H])c([2H])c([2H])c([2H])c6c6c([2H])c([2H])c([2H])c([2H])c64)cc3N5c3ccc(-c4ccccc4)cc3-c3ccc(-n4c5c([2H])c([2H])c([2H])c([2H])c5c5c([2H])c([2H])c([2H])c([2H])c54)cc3)c2c1[2H]. The van der Waals surface area contributed by atoms with Gasteiger partial charge in [-0.15, -0.1) is 0 Å². The van der Waals surface area contributed by atoms with Crippen molar-refractivity contribution in [2.45, 2.75) is 26.2 Å². The van der Waals surface area contributed by atoms with E-state index in [9.17, 15) is 27.4 Å². The fourth-order valence-electron chi connectivity index (χ4n) is 17.1. The Kier molecular flexibility index (Phi) is 9.07. The standard InChI is InChI=1S/C106H73BN6/c1-106(2,3)74-64-103-105-104(65-74)113(100-61-51-73(69-28-8-5-9-29-69)63-88(100)71-48-54-76(55-49-71)109-93-40-20-12-32-81(93)82-33-13-21-41-94(82)109)102-67-78(111-97-44-24-16-36-85(97)86-37-17-25-45-98(86)111)57-59-90(102)107(105)89-58-56-77(110-95-42-22-14-34-83(95)84-35-15-23-43-96(84)110)66-101(89)112(103)99-60-50-72(68-26-6-4-7-27-68)62-87(99)70-46-52-75(53-47-70)108-91-38-18-10-30-79(91)80-31-11-19-39-92(80)108/h4-67H,1-3H3/i10D,11D,12D,13D,14D,15D,16D,18D,19D,20D,21D,22D,23D,24D,25D,30D,31D,32D,33D,34D,35D,36D,37D,38D,39D,40D,41D,42D,43D,44D,45D. The van der Waals surface area contributed by atoms with E-state index in [1.807, 2.05) is 136 Å². The van der Waals surface area contributed by atoms with Crippen molar-refractivity contribution < 1.29 is 42.5 Å². The molecule has 0 fully saturated rings. The lowest BCUT2D eigenvalue weighted by Crippen LogP contribution is -2.61. The molecule has 21 aromatic rings. The van der Waals surface area contributed by atoms with Crippen LogP contribution in [0.25, 0.3) is 154 Å². The number of aromatic nitrogens is 4. The van der Waals surface area contributed by atoms with Gasteiger partial charge in [-0.3, -0.25) is 0 Å². The predicted molar refractivity (Wildman–Crippen MR) is 478 cm³/mol. The van der Waals surface area contributed by atoms with Gasteiger partial charge >= 0.3 is 0 Å². The fraction of sp³-hybridized carbons (Fsp3) is 0.0377. The molecule has 17 aromatic carbocycles. The maximum Gasteiger partial charge on any atom is 0.252 e. The largest absolute Gasteiger partial charge is 0.311 e. The molecule has 0 saturated carbocycles. The average molecular weight is 1470 g/mol. The molecule has 530 valence electrons. The molecule has 0 spiro atoms. The molecule has 6 heterocycles.